The van der Waals surface area contributed by atoms with Gasteiger partial charge in [0, 0.05) is 6.54 Å². The van der Waals surface area contributed by atoms with E-state index < -0.39 is 12.0 Å². The number of hydroxylamine groups is 2. The molecule has 1 aliphatic heterocycles. The van der Waals surface area contributed by atoms with E-state index in [-0.39, 0.29) is 0 Å². The van der Waals surface area contributed by atoms with Gasteiger partial charge in [-0.2, -0.15) is 5.06 Å². The van der Waals surface area contributed by atoms with Gasteiger partial charge in [-0.1, -0.05) is 30.3 Å². The lowest BCUT2D eigenvalue weighted by atomic mass is 10.1. The molecular weight excluding hydrogens is 194 g/mol. The van der Waals surface area contributed by atoms with E-state index in [0.717, 1.165) is 5.56 Å². The van der Waals surface area contributed by atoms with Crippen LogP contribution in [0.2, 0.25) is 0 Å². The second kappa shape index (κ2) is 4.42. The highest BCUT2D eigenvalue weighted by Gasteiger charge is 2.35. The number of benzene rings is 1. The summed E-state index contributed by atoms with van der Waals surface area (Å²) in [7, 11) is 0. The van der Waals surface area contributed by atoms with Crippen LogP contribution in [0.25, 0.3) is 0 Å². The molecule has 1 aromatic carbocycles. The van der Waals surface area contributed by atoms with E-state index in [9.17, 15) is 4.79 Å². The zero-order valence-corrected chi connectivity index (χ0v) is 8.30. The third kappa shape index (κ3) is 2.34. The van der Waals surface area contributed by atoms with Crippen LogP contribution in [0.1, 0.15) is 12.0 Å². The van der Waals surface area contributed by atoms with Crippen molar-refractivity contribution in [3.8, 4) is 0 Å². The van der Waals surface area contributed by atoms with Gasteiger partial charge in [-0.05, 0) is 12.0 Å². The average molecular weight is 207 g/mol. The van der Waals surface area contributed by atoms with Crippen molar-refractivity contribution in [2.45, 2.75) is 19.1 Å². The minimum atomic E-state index is -0.811. The molecule has 2 rings (SSSR count). The largest absolute Gasteiger partial charge is 0.480 e. The van der Waals surface area contributed by atoms with E-state index in [1.807, 2.05) is 30.3 Å². The average Bonchev–Trinajstić information content (AvgIpc) is 2.17. The second-order valence-corrected chi connectivity index (χ2v) is 3.54. The van der Waals surface area contributed by atoms with E-state index in [1.54, 1.807) is 0 Å². The zero-order valence-electron chi connectivity index (χ0n) is 8.30. The van der Waals surface area contributed by atoms with Crippen molar-refractivity contribution in [1.82, 2.24) is 5.06 Å². The molecule has 1 heterocycles. The number of rotatable bonds is 4. The lowest BCUT2D eigenvalue weighted by Crippen LogP contribution is -2.51. The van der Waals surface area contributed by atoms with E-state index in [2.05, 4.69) is 0 Å². The Balaban J connectivity index is 1.82. The lowest BCUT2D eigenvalue weighted by molar-refractivity contribution is -0.242. The molecule has 80 valence electrons. The van der Waals surface area contributed by atoms with Crippen molar-refractivity contribution in [3.63, 3.8) is 0 Å². The topological polar surface area (TPSA) is 49.8 Å². The highest BCUT2D eigenvalue weighted by molar-refractivity contribution is 5.74. The van der Waals surface area contributed by atoms with E-state index in [4.69, 9.17) is 9.94 Å². The Morgan fingerprint density at radius 3 is 2.73 bits per heavy atom. The molecule has 1 aromatic rings. The molecule has 0 bridgehead atoms. The maximum absolute atomic E-state index is 10.7. The van der Waals surface area contributed by atoms with Crippen molar-refractivity contribution in [2.24, 2.45) is 0 Å². The highest BCUT2D eigenvalue weighted by Crippen LogP contribution is 2.18. The van der Waals surface area contributed by atoms with Gasteiger partial charge >= 0.3 is 5.97 Å². The predicted molar refractivity (Wildman–Crippen MR) is 54.0 cm³/mol. The molecule has 15 heavy (non-hydrogen) atoms. The van der Waals surface area contributed by atoms with Crippen molar-refractivity contribution in [3.05, 3.63) is 35.9 Å². The van der Waals surface area contributed by atoms with E-state index in [0.29, 0.717) is 19.6 Å². The summed E-state index contributed by atoms with van der Waals surface area (Å²) in [6.07, 6.45) is 0.671. The van der Waals surface area contributed by atoms with Gasteiger partial charge in [0.05, 0.1) is 6.61 Å². The summed E-state index contributed by atoms with van der Waals surface area (Å²) in [6.45, 7) is 1.13. The van der Waals surface area contributed by atoms with Crippen LogP contribution in [0.4, 0.5) is 0 Å². The van der Waals surface area contributed by atoms with E-state index >= 15 is 0 Å². The van der Waals surface area contributed by atoms with Crippen LogP contribution in [0.5, 0.6) is 0 Å². The number of carboxylic acids is 1. The van der Waals surface area contributed by atoms with Crippen molar-refractivity contribution in [1.29, 1.82) is 0 Å². The SMILES string of the molecule is O=C(O)C1CCN1OCc1ccccc1. The van der Waals surface area contributed by atoms with Crippen LogP contribution in [0.15, 0.2) is 30.3 Å². The smallest absolute Gasteiger partial charge is 0.323 e. The summed E-state index contributed by atoms with van der Waals surface area (Å²) < 4.78 is 0. The third-order valence-electron chi connectivity index (χ3n) is 2.50. The maximum Gasteiger partial charge on any atom is 0.323 e. The van der Waals surface area contributed by atoms with Crippen LogP contribution < -0.4 is 0 Å². The molecular formula is C11H13NO3. The van der Waals surface area contributed by atoms with Gasteiger partial charge < -0.3 is 5.11 Å². The summed E-state index contributed by atoms with van der Waals surface area (Å²) in [6, 6.07) is 9.25. The molecule has 1 unspecified atom stereocenters. The molecule has 4 heteroatoms. The number of aliphatic carboxylic acids is 1. The number of carbonyl (C=O) groups is 1. The molecule has 0 saturated carbocycles. The molecule has 1 N–H and O–H groups in total. The first-order valence-corrected chi connectivity index (χ1v) is 4.93. The number of hydrogen-bond donors (Lipinski definition) is 1. The van der Waals surface area contributed by atoms with E-state index in [1.165, 1.54) is 5.06 Å². The van der Waals surface area contributed by atoms with Gasteiger partial charge in [0.2, 0.25) is 0 Å². The lowest BCUT2D eigenvalue weighted by Gasteiger charge is -2.36. The van der Waals surface area contributed by atoms with Gasteiger partial charge in [-0.25, -0.2) is 0 Å². The Morgan fingerprint density at radius 2 is 2.20 bits per heavy atom. The summed E-state index contributed by atoms with van der Waals surface area (Å²) in [5, 5.41) is 10.3. The molecule has 1 atom stereocenters. The van der Waals surface area contributed by atoms with Crippen molar-refractivity contribution < 1.29 is 14.7 Å². The minimum absolute atomic E-state index is 0.435. The normalized spacial score (nSPS) is 20.9. The zero-order chi connectivity index (χ0) is 10.7. The standard InChI is InChI=1S/C11H13NO3/c13-11(14)10-6-7-12(10)15-8-9-4-2-1-3-5-9/h1-5,10H,6-8H2,(H,13,14). The van der Waals surface area contributed by atoms with Crippen LogP contribution in [0.3, 0.4) is 0 Å². The van der Waals surface area contributed by atoms with Crippen molar-refractivity contribution >= 4 is 5.97 Å². The fourth-order valence-electron chi connectivity index (χ4n) is 1.50. The Labute approximate surface area is 88.0 Å². The molecule has 0 radical (unpaired) electrons. The minimum Gasteiger partial charge on any atom is -0.480 e. The van der Waals surface area contributed by atoms with Gasteiger partial charge in [-0.15, -0.1) is 0 Å². The van der Waals surface area contributed by atoms with Crippen LogP contribution >= 0.6 is 0 Å². The van der Waals surface area contributed by atoms with Gasteiger partial charge in [0.25, 0.3) is 0 Å². The molecule has 0 aromatic heterocycles. The molecule has 1 saturated heterocycles. The predicted octanol–water partition coefficient (Wildman–Crippen LogP) is 1.28. The molecule has 0 aliphatic carbocycles. The Hall–Kier alpha value is -1.39. The van der Waals surface area contributed by atoms with Gasteiger partial charge in [0.15, 0.2) is 0 Å². The monoisotopic (exact) mass is 207 g/mol. The number of hydrogen-bond acceptors (Lipinski definition) is 3. The summed E-state index contributed by atoms with van der Waals surface area (Å²) >= 11 is 0. The summed E-state index contributed by atoms with van der Waals surface area (Å²) in [5.41, 5.74) is 1.05. The number of carboxylic acid groups (broad SMARTS) is 1. The Kier molecular flexibility index (Phi) is 2.99. The molecule has 0 amide bonds. The summed E-state index contributed by atoms with van der Waals surface area (Å²) in [4.78, 5) is 16.1. The first kappa shape index (κ1) is 10.1. The van der Waals surface area contributed by atoms with Crippen LogP contribution in [-0.2, 0) is 16.2 Å². The molecule has 1 fully saturated rings. The van der Waals surface area contributed by atoms with Gasteiger partial charge in [0.1, 0.15) is 6.04 Å². The third-order valence-corrected chi connectivity index (χ3v) is 2.50. The van der Waals surface area contributed by atoms with Gasteiger partial charge in [-0.3, -0.25) is 9.63 Å². The first-order valence-electron chi connectivity index (χ1n) is 4.93. The van der Waals surface area contributed by atoms with Crippen molar-refractivity contribution in [2.75, 3.05) is 6.54 Å². The quantitative estimate of drug-likeness (QED) is 0.808. The molecule has 0 spiro atoms. The Bertz CT molecular complexity index is 339. The molecule has 4 nitrogen and oxygen atoms in total. The van der Waals surface area contributed by atoms with Crippen LogP contribution in [-0.4, -0.2) is 28.7 Å². The van der Waals surface area contributed by atoms with Crippen LogP contribution in [0, 0.1) is 0 Å². The Morgan fingerprint density at radius 1 is 1.47 bits per heavy atom. The highest BCUT2D eigenvalue weighted by atomic mass is 16.7. The summed E-state index contributed by atoms with van der Waals surface area (Å²) in [5.74, 6) is -0.811. The molecule has 1 aliphatic rings. The second-order valence-electron chi connectivity index (χ2n) is 3.54. The fourth-order valence-corrected chi connectivity index (χ4v) is 1.50. The first-order chi connectivity index (χ1) is 7.27. The fraction of sp³-hybridized carbons (Fsp3) is 0.364. The maximum atomic E-state index is 10.7. The number of nitrogens with zero attached hydrogens (tertiary/aromatic N) is 1.